The molecule has 0 bridgehead atoms. The van der Waals surface area contributed by atoms with Gasteiger partial charge in [-0.25, -0.2) is 0 Å². The van der Waals surface area contributed by atoms with Crippen molar-refractivity contribution >= 4 is 27.5 Å². The van der Waals surface area contributed by atoms with Gasteiger partial charge in [-0.15, -0.1) is 0 Å². The predicted octanol–water partition coefficient (Wildman–Crippen LogP) is 3.87. The third-order valence-corrected chi connectivity index (χ3v) is 4.91. The van der Waals surface area contributed by atoms with Crippen LogP contribution in [0.15, 0.2) is 47.5 Å². The number of benzene rings is 2. The fourth-order valence-electron chi connectivity index (χ4n) is 2.75. The second-order valence-corrected chi connectivity index (χ2v) is 6.47. The van der Waals surface area contributed by atoms with Crippen molar-refractivity contribution in [2.75, 3.05) is 14.2 Å². The minimum absolute atomic E-state index is 0.312. The summed E-state index contributed by atoms with van der Waals surface area (Å²) in [5.41, 5.74) is 1.43. The Balaban J connectivity index is 2.19. The standard InChI is InChI=1S/C19H20N2O3S/c1-4-12-21-17-15(24-3)10-7-11-16(17)25-19(21)20-18(22)13-8-5-6-9-14(13)23-2/h5-11H,4,12H2,1-3H3. The summed E-state index contributed by atoms with van der Waals surface area (Å²) in [7, 11) is 3.20. The van der Waals surface area contributed by atoms with Crippen LogP contribution in [-0.2, 0) is 6.54 Å². The van der Waals surface area contributed by atoms with Crippen molar-refractivity contribution in [2.45, 2.75) is 19.9 Å². The molecular formula is C19H20N2O3S. The first kappa shape index (κ1) is 17.2. The van der Waals surface area contributed by atoms with Crippen molar-refractivity contribution in [1.29, 1.82) is 0 Å². The zero-order valence-corrected chi connectivity index (χ0v) is 15.3. The van der Waals surface area contributed by atoms with Crippen LogP contribution in [0.3, 0.4) is 0 Å². The lowest BCUT2D eigenvalue weighted by atomic mass is 10.2. The van der Waals surface area contributed by atoms with Crippen LogP contribution in [0.5, 0.6) is 11.5 Å². The summed E-state index contributed by atoms with van der Waals surface area (Å²) in [6, 6.07) is 13.0. The molecule has 0 radical (unpaired) electrons. The van der Waals surface area contributed by atoms with Gasteiger partial charge in [0.25, 0.3) is 5.91 Å². The van der Waals surface area contributed by atoms with E-state index < -0.39 is 0 Å². The molecule has 25 heavy (non-hydrogen) atoms. The molecule has 0 aliphatic heterocycles. The zero-order valence-electron chi connectivity index (χ0n) is 14.5. The molecule has 0 N–H and O–H groups in total. The maximum Gasteiger partial charge on any atom is 0.283 e. The molecule has 5 nitrogen and oxygen atoms in total. The van der Waals surface area contributed by atoms with Crippen molar-refractivity contribution in [1.82, 2.24) is 4.57 Å². The number of aromatic nitrogens is 1. The van der Waals surface area contributed by atoms with Crippen LogP contribution in [0.25, 0.3) is 10.2 Å². The summed E-state index contributed by atoms with van der Waals surface area (Å²) in [5, 5.41) is 0. The average Bonchev–Trinajstić information content (AvgIpc) is 2.99. The number of hydrogen-bond acceptors (Lipinski definition) is 4. The van der Waals surface area contributed by atoms with Gasteiger partial charge in [-0.1, -0.05) is 36.5 Å². The molecule has 2 aromatic carbocycles. The van der Waals surface area contributed by atoms with E-state index in [1.165, 1.54) is 11.3 Å². The number of rotatable bonds is 5. The van der Waals surface area contributed by atoms with Crippen LogP contribution < -0.4 is 14.3 Å². The van der Waals surface area contributed by atoms with Crippen molar-refractivity contribution in [3.63, 3.8) is 0 Å². The average molecular weight is 356 g/mol. The maximum atomic E-state index is 12.7. The van der Waals surface area contributed by atoms with Gasteiger partial charge in [0.2, 0.25) is 0 Å². The van der Waals surface area contributed by atoms with Gasteiger partial charge in [-0.3, -0.25) is 4.79 Å². The van der Waals surface area contributed by atoms with Crippen LogP contribution >= 0.6 is 11.3 Å². The third kappa shape index (κ3) is 3.30. The molecule has 3 rings (SSSR count). The van der Waals surface area contributed by atoms with Crippen LogP contribution in [0.2, 0.25) is 0 Å². The van der Waals surface area contributed by atoms with E-state index in [1.807, 2.05) is 28.8 Å². The molecule has 1 amide bonds. The lowest BCUT2D eigenvalue weighted by Gasteiger charge is -2.07. The van der Waals surface area contributed by atoms with E-state index in [0.717, 1.165) is 28.9 Å². The molecule has 130 valence electrons. The summed E-state index contributed by atoms with van der Waals surface area (Å²) in [5.74, 6) is 0.998. The van der Waals surface area contributed by atoms with E-state index in [0.29, 0.717) is 16.1 Å². The second kappa shape index (κ2) is 7.53. The highest BCUT2D eigenvalue weighted by Crippen LogP contribution is 2.27. The first-order chi connectivity index (χ1) is 12.2. The summed E-state index contributed by atoms with van der Waals surface area (Å²) >= 11 is 1.48. The number of aryl methyl sites for hydroxylation is 1. The van der Waals surface area contributed by atoms with Gasteiger partial charge in [0.1, 0.15) is 17.0 Å². The van der Waals surface area contributed by atoms with Crippen molar-refractivity contribution < 1.29 is 14.3 Å². The SMILES string of the molecule is CCCn1c(=NC(=O)c2ccccc2OC)sc2cccc(OC)c21. The fraction of sp³-hybridized carbons (Fsp3) is 0.263. The van der Waals surface area contributed by atoms with Crippen LogP contribution in [0.1, 0.15) is 23.7 Å². The third-order valence-electron chi connectivity index (χ3n) is 3.87. The quantitative estimate of drug-likeness (QED) is 0.697. The van der Waals surface area contributed by atoms with Crippen LogP contribution in [0, 0.1) is 0 Å². The van der Waals surface area contributed by atoms with E-state index in [2.05, 4.69) is 11.9 Å². The zero-order chi connectivity index (χ0) is 17.8. The number of fused-ring (bicyclic) bond motifs is 1. The van der Waals surface area contributed by atoms with Gasteiger partial charge >= 0.3 is 0 Å². The number of amides is 1. The Bertz CT molecular complexity index is 972. The molecule has 0 spiro atoms. The predicted molar refractivity (Wildman–Crippen MR) is 99.5 cm³/mol. The number of thiazole rings is 1. The van der Waals surface area contributed by atoms with Crippen LogP contribution in [0.4, 0.5) is 0 Å². The van der Waals surface area contributed by atoms with Crippen molar-refractivity contribution in [3.8, 4) is 11.5 Å². The highest BCUT2D eigenvalue weighted by Gasteiger charge is 2.14. The highest BCUT2D eigenvalue weighted by molar-refractivity contribution is 7.16. The minimum atomic E-state index is -0.312. The lowest BCUT2D eigenvalue weighted by molar-refractivity contribution is 0.0995. The van der Waals surface area contributed by atoms with Gasteiger partial charge in [-0.05, 0) is 30.7 Å². The molecule has 0 unspecified atom stereocenters. The van der Waals surface area contributed by atoms with E-state index >= 15 is 0 Å². The van der Waals surface area contributed by atoms with Crippen molar-refractivity contribution in [3.05, 3.63) is 52.8 Å². The number of hydrogen-bond donors (Lipinski definition) is 0. The largest absolute Gasteiger partial charge is 0.496 e. The topological polar surface area (TPSA) is 52.8 Å². The Hall–Kier alpha value is -2.60. The van der Waals surface area contributed by atoms with Gasteiger partial charge in [0.05, 0.1) is 24.5 Å². The van der Waals surface area contributed by atoms with E-state index in [9.17, 15) is 4.79 Å². The van der Waals surface area contributed by atoms with Gasteiger partial charge in [-0.2, -0.15) is 4.99 Å². The molecule has 0 saturated heterocycles. The Kier molecular flexibility index (Phi) is 5.19. The number of ether oxygens (including phenoxy) is 2. The maximum absolute atomic E-state index is 12.7. The molecule has 6 heteroatoms. The summed E-state index contributed by atoms with van der Waals surface area (Å²) < 4.78 is 13.9. The van der Waals surface area contributed by atoms with Gasteiger partial charge in [0.15, 0.2) is 4.80 Å². The van der Waals surface area contributed by atoms with E-state index in [4.69, 9.17) is 9.47 Å². The van der Waals surface area contributed by atoms with E-state index in [-0.39, 0.29) is 5.91 Å². The van der Waals surface area contributed by atoms with Gasteiger partial charge in [0, 0.05) is 6.54 Å². The summed E-state index contributed by atoms with van der Waals surface area (Å²) in [6.07, 6.45) is 0.930. The number of methoxy groups -OCH3 is 2. The number of para-hydroxylation sites is 2. The molecule has 3 aromatic rings. The molecule has 0 saturated carbocycles. The second-order valence-electron chi connectivity index (χ2n) is 5.46. The summed E-state index contributed by atoms with van der Waals surface area (Å²) in [4.78, 5) is 17.7. The lowest BCUT2D eigenvalue weighted by Crippen LogP contribution is -2.17. The first-order valence-electron chi connectivity index (χ1n) is 8.08. The smallest absolute Gasteiger partial charge is 0.283 e. The Morgan fingerprint density at radius 3 is 2.52 bits per heavy atom. The molecule has 1 heterocycles. The van der Waals surface area contributed by atoms with Gasteiger partial charge < -0.3 is 14.0 Å². The Morgan fingerprint density at radius 2 is 1.80 bits per heavy atom. The Labute approximate surface area is 150 Å². The molecular weight excluding hydrogens is 336 g/mol. The number of carbonyl (C=O) groups excluding carboxylic acids is 1. The Morgan fingerprint density at radius 1 is 1.08 bits per heavy atom. The first-order valence-corrected chi connectivity index (χ1v) is 8.89. The number of nitrogens with zero attached hydrogens (tertiary/aromatic N) is 2. The normalized spacial score (nSPS) is 11.7. The molecule has 1 aromatic heterocycles. The summed E-state index contributed by atoms with van der Waals surface area (Å²) in [6.45, 7) is 2.86. The number of carbonyl (C=O) groups is 1. The van der Waals surface area contributed by atoms with E-state index in [1.54, 1.807) is 32.4 Å². The molecule has 0 fully saturated rings. The van der Waals surface area contributed by atoms with Crippen LogP contribution in [-0.4, -0.2) is 24.7 Å². The molecule has 0 aliphatic rings. The monoisotopic (exact) mass is 356 g/mol. The van der Waals surface area contributed by atoms with Crippen molar-refractivity contribution in [2.24, 2.45) is 4.99 Å². The highest BCUT2D eigenvalue weighted by atomic mass is 32.1. The molecule has 0 aliphatic carbocycles. The molecule has 0 atom stereocenters. The fourth-order valence-corrected chi connectivity index (χ4v) is 3.82. The minimum Gasteiger partial charge on any atom is -0.496 e.